The largest absolute Gasteiger partial charge is 0.382 e. The number of rotatable bonds is 12. The van der Waals surface area contributed by atoms with Gasteiger partial charge in [-0.1, -0.05) is 27.7 Å². The van der Waals surface area contributed by atoms with Crippen LogP contribution in [0.3, 0.4) is 0 Å². The molecule has 0 N–H and O–H groups in total. The predicted molar refractivity (Wildman–Crippen MR) is 84.3 cm³/mol. The van der Waals surface area contributed by atoms with Crippen molar-refractivity contribution >= 4 is 0 Å². The van der Waals surface area contributed by atoms with Gasteiger partial charge in [-0.3, -0.25) is 0 Å². The first-order chi connectivity index (χ1) is 9.54. The van der Waals surface area contributed by atoms with Gasteiger partial charge in [0.2, 0.25) is 0 Å². The molecule has 0 radical (unpaired) electrons. The summed E-state index contributed by atoms with van der Waals surface area (Å²) in [6.07, 6.45) is 2.29. The highest BCUT2D eigenvalue weighted by atomic mass is 16.5. The van der Waals surface area contributed by atoms with Crippen molar-refractivity contribution in [1.82, 2.24) is 0 Å². The third-order valence-electron chi connectivity index (χ3n) is 2.54. The van der Waals surface area contributed by atoms with Crippen molar-refractivity contribution in [1.29, 1.82) is 0 Å². The van der Waals surface area contributed by atoms with Crippen molar-refractivity contribution in [2.24, 2.45) is 11.8 Å². The molecule has 0 saturated carbocycles. The Balaban J connectivity index is 0. The van der Waals surface area contributed by atoms with Crippen molar-refractivity contribution in [2.75, 3.05) is 53.9 Å². The van der Waals surface area contributed by atoms with E-state index < -0.39 is 0 Å². The lowest BCUT2D eigenvalue weighted by molar-refractivity contribution is 0.0654. The first-order valence-electron chi connectivity index (χ1n) is 7.67. The van der Waals surface area contributed by atoms with Gasteiger partial charge in [-0.05, 0) is 24.7 Å². The summed E-state index contributed by atoms with van der Waals surface area (Å²) in [5.74, 6) is 1.48. The molecule has 0 spiro atoms. The molecule has 0 fully saturated rings. The molecule has 4 nitrogen and oxygen atoms in total. The van der Waals surface area contributed by atoms with E-state index in [9.17, 15) is 0 Å². The molecule has 0 aromatic carbocycles. The zero-order valence-corrected chi connectivity index (χ0v) is 14.4. The fraction of sp³-hybridized carbons (Fsp3) is 1.00. The molecule has 4 heteroatoms. The molecule has 0 saturated heterocycles. The fourth-order valence-corrected chi connectivity index (χ4v) is 1.13. The van der Waals surface area contributed by atoms with Gasteiger partial charge in [-0.2, -0.15) is 0 Å². The van der Waals surface area contributed by atoms with E-state index >= 15 is 0 Å². The number of hydrogen-bond donors (Lipinski definition) is 0. The summed E-state index contributed by atoms with van der Waals surface area (Å²) in [5, 5.41) is 0. The molecule has 0 bridgehead atoms. The first kappa shape index (κ1) is 22.1. The lowest BCUT2D eigenvalue weighted by atomic mass is 10.1. The predicted octanol–water partition coefficient (Wildman–Crippen LogP) is 3.39. The molecule has 0 atom stereocenters. The van der Waals surface area contributed by atoms with Crippen LogP contribution < -0.4 is 0 Å². The van der Waals surface area contributed by atoms with Gasteiger partial charge in [0.1, 0.15) is 0 Å². The van der Waals surface area contributed by atoms with Crippen LogP contribution in [0.25, 0.3) is 0 Å². The molecule has 124 valence electrons. The lowest BCUT2D eigenvalue weighted by Crippen LogP contribution is -2.04. The maximum absolute atomic E-state index is 5.26. The van der Waals surface area contributed by atoms with Gasteiger partial charge < -0.3 is 18.9 Å². The maximum atomic E-state index is 5.26. The molecule has 0 aliphatic carbocycles. The van der Waals surface area contributed by atoms with Crippen molar-refractivity contribution < 1.29 is 18.9 Å². The highest BCUT2D eigenvalue weighted by Gasteiger charge is 1.93. The quantitative estimate of drug-likeness (QED) is 0.517. The molecule has 0 aliphatic rings. The zero-order chi connectivity index (χ0) is 15.6. The summed E-state index contributed by atoms with van der Waals surface area (Å²) >= 11 is 0. The Hall–Kier alpha value is -0.160. The van der Waals surface area contributed by atoms with E-state index in [1.807, 2.05) is 0 Å². The Morgan fingerprint density at radius 1 is 0.550 bits per heavy atom. The molecule has 0 unspecified atom stereocenters. The SMILES string of the molecule is COCCOCCC(C)C.COCCOCCC(C)C. The van der Waals surface area contributed by atoms with Gasteiger partial charge >= 0.3 is 0 Å². The van der Waals surface area contributed by atoms with Crippen LogP contribution in [0.4, 0.5) is 0 Å². The average molecular weight is 292 g/mol. The molecule has 0 aromatic heterocycles. The minimum Gasteiger partial charge on any atom is -0.382 e. The summed E-state index contributed by atoms with van der Waals surface area (Å²) in [7, 11) is 3.37. The normalized spacial score (nSPS) is 10.8. The highest BCUT2D eigenvalue weighted by molar-refractivity contribution is 4.42. The minimum atomic E-state index is 0.706. The van der Waals surface area contributed by atoms with Crippen LogP contribution in [-0.4, -0.2) is 53.9 Å². The Kier molecular flexibility index (Phi) is 20.8. The average Bonchev–Trinajstić information content (AvgIpc) is 2.38. The molecular formula is C16H36O4. The summed E-state index contributed by atoms with van der Waals surface area (Å²) in [5.41, 5.74) is 0. The van der Waals surface area contributed by atoms with E-state index in [2.05, 4.69) is 27.7 Å². The Morgan fingerprint density at radius 2 is 0.900 bits per heavy atom. The van der Waals surface area contributed by atoms with Gasteiger partial charge in [-0.15, -0.1) is 0 Å². The molecule has 20 heavy (non-hydrogen) atoms. The van der Waals surface area contributed by atoms with Crippen LogP contribution in [-0.2, 0) is 18.9 Å². The number of ether oxygens (including phenoxy) is 4. The van der Waals surface area contributed by atoms with Crippen molar-refractivity contribution in [3.63, 3.8) is 0 Å². The Morgan fingerprint density at radius 3 is 1.15 bits per heavy atom. The smallest absolute Gasteiger partial charge is 0.0700 e. The monoisotopic (exact) mass is 292 g/mol. The standard InChI is InChI=1S/2C8H18O2/c2*1-8(2)4-5-10-7-6-9-3/h2*8H,4-7H2,1-3H3. The third kappa shape index (κ3) is 26.4. The second kappa shape index (κ2) is 18.8. The van der Waals surface area contributed by atoms with Crippen LogP contribution in [0.1, 0.15) is 40.5 Å². The molecule has 0 aromatic rings. The zero-order valence-electron chi connectivity index (χ0n) is 14.4. The van der Waals surface area contributed by atoms with Gasteiger partial charge in [0.25, 0.3) is 0 Å². The van der Waals surface area contributed by atoms with Crippen LogP contribution in [0.5, 0.6) is 0 Å². The maximum Gasteiger partial charge on any atom is 0.0700 e. The van der Waals surface area contributed by atoms with Gasteiger partial charge in [0, 0.05) is 27.4 Å². The van der Waals surface area contributed by atoms with E-state index in [0.29, 0.717) is 13.2 Å². The van der Waals surface area contributed by atoms with Gasteiger partial charge in [0.15, 0.2) is 0 Å². The van der Waals surface area contributed by atoms with Crippen molar-refractivity contribution in [2.45, 2.75) is 40.5 Å². The molecule has 0 heterocycles. The Bertz CT molecular complexity index is 143. The van der Waals surface area contributed by atoms with E-state index in [1.54, 1.807) is 14.2 Å². The van der Waals surface area contributed by atoms with E-state index in [0.717, 1.165) is 51.1 Å². The molecular weight excluding hydrogens is 256 g/mol. The lowest BCUT2D eigenvalue weighted by Gasteiger charge is -2.04. The first-order valence-corrected chi connectivity index (χ1v) is 7.67. The van der Waals surface area contributed by atoms with Crippen LogP contribution >= 0.6 is 0 Å². The third-order valence-corrected chi connectivity index (χ3v) is 2.54. The molecule has 0 rings (SSSR count). The van der Waals surface area contributed by atoms with Crippen LogP contribution in [0.15, 0.2) is 0 Å². The fourth-order valence-electron chi connectivity index (χ4n) is 1.13. The second-order valence-electron chi connectivity index (χ2n) is 5.58. The van der Waals surface area contributed by atoms with Gasteiger partial charge in [0.05, 0.1) is 26.4 Å². The second-order valence-corrected chi connectivity index (χ2v) is 5.58. The summed E-state index contributed by atoms with van der Waals surface area (Å²) < 4.78 is 20.2. The number of hydrogen-bond acceptors (Lipinski definition) is 4. The van der Waals surface area contributed by atoms with E-state index in [-0.39, 0.29) is 0 Å². The highest BCUT2D eigenvalue weighted by Crippen LogP contribution is 1.98. The minimum absolute atomic E-state index is 0.706. The summed E-state index contributed by atoms with van der Waals surface area (Å²) in [4.78, 5) is 0. The summed E-state index contributed by atoms with van der Waals surface area (Å²) in [6, 6.07) is 0. The van der Waals surface area contributed by atoms with Gasteiger partial charge in [-0.25, -0.2) is 0 Å². The molecule has 0 amide bonds. The molecule has 0 aliphatic heterocycles. The summed E-state index contributed by atoms with van der Waals surface area (Å²) in [6.45, 7) is 13.4. The van der Waals surface area contributed by atoms with Crippen molar-refractivity contribution in [3.05, 3.63) is 0 Å². The van der Waals surface area contributed by atoms with Crippen molar-refractivity contribution in [3.8, 4) is 0 Å². The van der Waals surface area contributed by atoms with E-state index in [1.165, 1.54) is 0 Å². The number of methoxy groups -OCH3 is 2. The topological polar surface area (TPSA) is 36.9 Å². The van der Waals surface area contributed by atoms with E-state index in [4.69, 9.17) is 18.9 Å². The van der Waals surface area contributed by atoms with Crippen LogP contribution in [0, 0.1) is 11.8 Å². The Labute approximate surface area is 126 Å². The van der Waals surface area contributed by atoms with Crippen LogP contribution in [0.2, 0.25) is 0 Å².